The first-order valence-corrected chi connectivity index (χ1v) is 8.92. The molecule has 6 nitrogen and oxygen atoms in total. The topological polar surface area (TPSA) is 78.0 Å². The van der Waals surface area contributed by atoms with Gasteiger partial charge in [-0.25, -0.2) is 4.68 Å². The van der Waals surface area contributed by atoms with E-state index in [-0.39, 0.29) is 18.0 Å². The predicted molar refractivity (Wildman–Crippen MR) is 102 cm³/mol. The lowest BCUT2D eigenvalue weighted by Gasteiger charge is -2.32. The molecule has 0 saturated carbocycles. The van der Waals surface area contributed by atoms with Crippen molar-refractivity contribution >= 4 is 11.9 Å². The normalized spacial score (nSPS) is 18.8. The van der Waals surface area contributed by atoms with Crippen molar-refractivity contribution in [1.82, 2.24) is 14.8 Å². The molecule has 134 valence electrons. The molecule has 2 heterocycles. The minimum Gasteiger partial charge on any atom is -0.494 e. The Labute approximate surface area is 153 Å². The van der Waals surface area contributed by atoms with Gasteiger partial charge in [0, 0.05) is 0 Å². The molecule has 0 saturated heterocycles. The number of nitrogens with zero attached hydrogens (tertiary/aromatic N) is 3. The lowest BCUT2D eigenvalue weighted by molar-refractivity contribution is 0.340. The highest BCUT2D eigenvalue weighted by atomic mass is 16.5. The van der Waals surface area contributed by atoms with Gasteiger partial charge in [0.05, 0.1) is 18.7 Å². The molecule has 0 amide bonds. The predicted octanol–water partition coefficient (Wildman–Crippen LogP) is 3.71. The van der Waals surface area contributed by atoms with Crippen molar-refractivity contribution in [3.8, 4) is 5.75 Å². The number of fused-ring (bicyclic) bond motifs is 1. The van der Waals surface area contributed by atoms with Crippen molar-refractivity contribution < 1.29 is 4.74 Å². The van der Waals surface area contributed by atoms with Crippen LogP contribution in [0, 0.1) is 6.92 Å². The third-order valence-corrected chi connectivity index (χ3v) is 4.73. The molecule has 0 spiro atoms. The fourth-order valence-electron chi connectivity index (χ4n) is 3.53. The van der Waals surface area contributed by atoms with Crippen LogP contribution in [0.1, 0.15) is 42.1 Å². The van der Waals surface area contributed by atoms with Crippen LogP contribution in [0.4, 0.5) is 11.9 Å². The van der Waals surface area contributed by atoms with Gasteiger partial charge in [0.2, 0.25) is 11.9 Å². The summed E-state index contributed by atoms with van der Waals surface area (Å²) in [5, 5.41) is 7.87. The van der Waals surface area contributed by atoms with Crippen molar-refractivity contribution in [2.75, 3.05) is 17.7 Å². The lowest BCUT2D eigenvalue weighted by atomic mass is 9.92. The molecule has 1 aromatic heterocycles. The summed E-state index contributed by atoms with van der Waals surface area (Å²) < 4.78 is 7.45. The fourth-order valence-corrected chi connectivity index (χ4v) is 3.53. The standard InChI is InChI=1S/C20H23N5O/c1-3-26-16-9-7-14(8-10-16)17-12-18(15-6-4-5-13(2)11-15)25-20(22-17)23-19(21)24-25/h4-11,17-18H,3,12H2,1-2H3,(H3,21,22,23,24)/t17-,18+/m1/s1. The maximum Gasteiger partial charge on any atom is 0.241 e. The van der Waals surface area contributed by atoms with E-state index in [9.17, 15) is 0 Å². The van der Waals surface area contributed by atoms with Crippen molar-refractivity contribution in [2.24, 2.45) is 0 Å². The molecule has 0 radical (unpaired) electrons. The molecule has 6 heteroatoms. The van der Waals surface area contributed by atoms with Crippen LogP contribution in [0.3, 0.4) is 0 Å². The molecule has 0 aliphatic carbocycles. The van der Waals surface area contributed by atoms with E-state index in [1.165, 1.54) is 16.7 Å². The number of ether oxygens (including phenoxy) is 1. The minimum atomic E-state index is 0.0903. The van der Waals surface area contributed by atoms with Crippen LogP contribution < -0.4 is 15.8 Å². The molecule has 0 unspecified atom stereocenters. The summed E-state index contributed by atoms with van der Waals surface area (Å²) >= 11 is 0. The largest absolute Gasteiger partial charge is 0.494 e. The second-order valence-electron chi connectivity index (χ2n) is 6.60. The zero-order valence-corrected chi connectivity index (χ0v) is 15.0. The van der Waals surface area contributed by atoms with E-state index in [1.54, 1.807) is 0 Å². The van der Waals surface area contributed by atoms with Gasteiger partial charge in [-0.2, -0.15) is 4.98 Å². The number of aryl methyl sites for hydroxylation is 1. The summed E-state index contributed by atoms with van der Waals surface area (Å²) in [6.45, 7) is 4.75. The second-order valence-corrected chi connectivity index (χ2v) is 6.60. The number of nitrogens with two attached hydrogens (primary N) is 1. The van der Waals surface area contributed by atoms with Crippen LogP contribution in [0.25, 0.3) is 0 Å². The third-order valence-electron chi connectivity index (χ3n) is 4.73. The Balaban J connectivity index is 1.69. The van der Waals surface area contributed by atoms with Crippen molar-refractivity contribution in [2.45, 2.75) is 32.4 Å². The van der Waals surface area contributed by atoms with Crippen molar-refractivity contribution in [3.05, 3.63) is 65.2 Å². The molecular weight excluding hydrogens is 326 g/mol. The van der Waals surface area contributed by atoms with Crippen molar-refractivity contribution in [1.29, 1.82) is 0 Å². The molecule has 1 aliphatic rings. The van der Waals surface area contributed by atoms with Gasteiger partial charge < -0.3 is 15.8 Å². The first-order valence-electron chi connectivity index (χ1n) is 8.92. The van der Waals surface area contributed by atoms with Gasteiger partial charge in [-0.05, 0) is 43.5 Å². The number of aromatic nitrogens is 3. The van der Waals surface area contributed by atoms with E-state index in [0.717, 1.165) is 12.2 Å². The van der Waals surface area contributed by atoms with Gasteiger partial charge in [-0.15, -0.1) is 5.10 Å². The average Bonchev–Trinajstić information content (AvgIpc) is 3.02. The number of hydrogen-bond donors (Lipinski definition) is 2. The zero-order chi connectivity index (χ0) is 18.1. The molecule has 4 rings (SSSR count). The molecule has 3 aromatic rings. The molecular formula is C20H23N5O. The van der Waals surface area contributed by atoms with E-state index < -0.39 is 0 Å². The summed E-state index contributed by atoms with van der Waals surface area (Å²) in [6.07, 6.45) is 0.868. The number of nitrogen functional groups attached to an aromatic ring is 1. The Kier molecular flexibility index (Phi) is 4.24. The smallest absolute Gasteiger partial charge is 0.241 e. The maximum absolute atomic E-state index is 5.87. The summed E-state index contributed by atoms with van der Waals surface area (Å²) in [5.74, 6) is 1.88. The summed E-state index contributed by atoms with van der Waals surface area (Å²) in [6, 6.07) is 17.0. The van der Waals surface area contributed by atoms with Crippen LogP contribution in [0.2, 0.25) is 0 Å². The summed E-state index contributed by atoms with van der Waals surface area (Å²) in [7, 11) is 0. The molecule has 0 fully saturated rings. The van der Waals surface area contributed by atoms with E-state index in [1.807, 2.05) is 23.7 Å². The van der Waals surface area contributed by atoms with Gasteiger partial charge in [-0.1, -0.05) is 42.0 Å². The second kappa shape index (κ2) is 6.71. The van der Waals surface area contributed by atoms with Crippen LogP contribution in [0.5, 0.6) is 5.75 Å². The van der Waals surface area contributed by atoms with Gasteiger partial charge in [-0.3, -0.25) is 0 Å². The Bertz CT molecular complexity index is 903. The zero-order valence-electron chi connectivity index (χ0n) is 15.0. The van der Waals surface area contributed by atoms with E-state index in [0.29, 0.717) is 12.6 Å². The Morgan fingerprint density at radius 2 is 2.00 bits per heavy atom. The first-order chi connectivity index (χ1) is 12.6. The van der Waals surface area contributed by atoms with Gasteiger partial charge in [0.25, 0.3) is 0 Å². The summed E-state index contributed by atoms with van der Waals surface area (Å²) in [5.41, 5.74) is 9.51. The first kappa shape index (κ1) is 16.4. The highest BCUT2D eigenvalue weighted by Crippen LogP contribution is 2.38. The van der Waals surface area contributed by atoms with Crippen molar-refractivity contribution in [3.63, 3.8) is 0 Å². The lowest BCUT2D eigenvalue weighted by Crippen LogP contribution is -2.28. The SMILES string of the molecule is CCOc1ccc([C@H]2C[C@@H](c3cccc(C)c3)n3nc(N)nc3N2)cc1. The molecule has 2 aromatic carbocycles. The van der Waals surface area contributed by atoms with E-state index in [2.05, 4.69) is 58.7 Å². The Morgan fingerprint density at radius 3 is 2.73 bits per heavy atom. The van der Waals surface area contributed by atoms with E-state index >= 15 is 0 Å². The molecule has 2 atom stereocenters. The Hall–Kier alpha value is -3.02. The van der Waals surface area contributed by atoms with Crippen LogP contribution in [-0.2, 0) is 0 Å². The highest BCUT2D eigenvalue weighted by molar-refractivity contribution is 5.43. The van der Waals surface area contributed by atoms with Gasteiger partial charge in [0.1, 0.15) is 5.75 Å². The van der Waals surface area contributed by atoms with Crippen LogP contribution in [0.15, 0.2) is 48.5 Å². The average molecular weight is 349 g/mol. The van der Waals surface area contributed by atoms with E-state index in [4.69, 9.17) is 10.5 Å². The Morgan fingerprint density at radius 1 is 1.19 bits per heavy atom. The molecule has 3 N–H and O–H groups in total. The number of benzene rings is 2. The third kappa shape index (κ3) is 3.10. The molecule has 1 aliphatic heterocycles. The number of nitrogens with one attached hydrogen (secondary N) is 1. The fraction of sp³-hybridized carbons (Fsp3) is 0.300. The maximum atomic E-state index is 5.87. The number of hydrogen-bond acceptors (Lipinski definition) is 5. The minimum absolute atomic E-state index is 0.0903. The number of anilines is 2. The molecule has 26 heavy (non-hydrogen) atoms. The quantitative estimate of drug-likeness (QED) is 0.751. The van der Waals surface area contributed by atoms with Gasteiger partial charge >= 0.3 is 0 Å². The van der Waals surface area contributed by atoms with Gasteiger partial charge in [0.15, 0.2) is 0 Å². The summed E-state index contributed by atoms with van der Waals surface area (Å²) in [4.78, 5) is 4.37. The monoisotopic (exact) mass is 349 g/mol. The van der Waals surface area contributed by atoms with Crippen LogP contribution >= 0.6 is 0 Å². The highest BCUT2D eigenvalue weighted by Gasteiger charge is 2.30. The molecule has 0 bridgehead atoms. The number of rotatable bonds is 4. The van der Waals surface area contributed by atoms with Crippen LogP contribution in [-0.4, -0.2) is 21.4 Å².